The number of likely N-dealkylation sites (N-methyl/N-ethyl adjacent to an activating group) is 1. The molecular weight excluding hydrogens is 142 g/mol. The van der Waals surface area contributed by atoms with Gasteiger partial charge in [-0.3, -0.25) is 4.90 Å². The van der Waals surface area contributed by atoms with Gasteiger partial charge in [0.05, 0.1) is 19.8 Å². The molecule has 0 atom stereocenters. The summed E-state index contributed by atoms with van der Waals surface area (Å²) in [4.78, 5) is 2.37. The van der Waals surface area contributed by atoms with E-state index in [9.17, 15) is 0 Å². The first-order valence-electron chi connectivity index (χ1n) is 4.29. The molecule has 2 aliphatic heterocycles. The van der Waals surface area contributed by atoms with Crippen LogP contribution in [0.2, 0.25) is 0 Å². The Morgan fingerprint density at radius 3 is 2.73 bits per heavy atom. The molecule has 0 N–H and O–H groups in total. The van der Waals surface area contributed by atoms with Crippen LogP contribution in [0.3, 0.4) is 0 Å². The number of hydrogen-bond donors (Lipinski definition) is 0. The summed E-state index contributed by atoms with van der Waals surface area (Å²) in [5, 5.41) is 0. The van der Waals surface area contributed by atoms with Crippen LogP contribution in [-0.4, -0.2) is 50.0 Å². The molecule has 0 aromatic rings. The van der Waals surface area contributed by atoms with Crippen molar-refractivity contribution in [3.05, 3.63) is 0 Å². The van der Waals surface area contributed by atoms with Crippen molar-refractivity contribution in [2.24, 2.45) is 0 Å². The van der Waals surface area contributed by atoms with Crippen LogP contribution in [0.25, 0.3) is 0 Å². The van der Waals surface area contributed by atoms with Gasteiger partial charge in [0.1, 0.15) is 5.60 Å². The zero-order valence-electron chi connectivity index (χ0n) is 7.01. The topological polar surface area (TPSA) is 21.7 Å². The highest BCUT2D eigenvalue weighted by molar-refractivity contribution is 4.97. The van der Waals surface area contributed by atoms with Crippen LogP contribution in [-0.2, 0) is 9.47 Å². The highest BCUT2D eigenvalue weighted by Crippen LogP contribution is 2.27. The van der Waals surface area contributed by atoms with E-state index in [-0.39, 0.29) is 5.60 Å². The van der Waals surface area contributed by atoms with Crippen molar-refractivity contribution in [1.29, 1.82) is 0 Å². The maximum absolute atomic E-state index is 5.67. The van der Waals surface area contributed by atoms with Crippen LogP contribution in [0.4, 0.5) is 0 Å². The summed E-state index contributed by atoms with van der Waals surface area (Å²) in [6.45, 7) is 7.77. The Kier molecular flexibility index (Phi) is 1.87. The number of rotatable bonds is 1. The molecular formula is C8H15NO2. The van der Waals surface area contributed by atoms with Crippen LogP contribution < -0.4 is 0 Å². The molecule has 0 aromatic heterocycles. The Hall–Kier alpha value is -0.120. The second-order valence-electron chi connectivity index (χ2n) is 3.39. The van der Waals surface area contributed by atoms with Crippen LogP contribution >= 0.6 is 0 Å². The van der Waals surface area contributed by atoms with E-state index >= 15 is 0 Å². The predicted octanol–water partition coefficient (Wildman–Crippen LogP) is 0.107. The average molecular weight is 157 g/mol. The van der Waals surface area contributed by atoms with Gasteiger partial charge in [-0.05, 0) is 6.54 Å². The van der Waals surface area contributed by atoms with E-state index in [1.165, 1.54) is 0 Å². The van der Waals surface area contributed by atoms with Gasteiger partial charge >= 0.3 is 0 Å². The monoisotopic (exact) mass is 157 g/mol. The molecule has 2 aliphatic rings. The molecule has 3 nitrogen and oxygen atoms in total. The Morgan fingerprint density at radius 2 is 2.18 bits per heavy atom. The molecule has 1 spiro atoms. The predicted molar refractivity (Wildman–Crippen MR) is 41.6 cm³/mol. The number of ether oxygens (including phenoxy) is 2. The van der Waals surface area contributed by atoms with Crippen molar-refractivity contribution in [2.45, 2.75) is 12.5 Å². The van der Waals surface area contributed by atoms with Gasteiger partial charge in [0.2, 0.25) is 0 Å². The van der Waals surface area contributed by atoms with Crippen molar-refractivity contribution in [3.8, 4) is 0 Å². The summed E-state index contributed by atoms with van der Waals surface area (Å²) >= 11 is 0. The van der Waals surface area contributed by atoms with E-state index in [0.717, 1.165) is 39.5 Å². The number of likely N-dealkylation sites (tertiary alicyclic amines) is 1. The Morgan fingerprint density at radius 1 is 1.36 bits per heavy atom. The van der Waals surface area contributed by atoms with Gasteiger partial charge in [-0.1, -0.05) is 6.92 Å². The molecule has 2 fully saturated rings. The van der Waals surface area contributed by atoms with Crippen molar-refractivity contribution in [2.75, 3.05) is 39.5 Å². The quantitative estimate of drug-likeness (QED) is 0.539. The summed E-state index contributed by atoms with van der Waals surface area (Å²) in [6, 6.07) is 0. The molecule has 2 heterocycles. The van der Waals surface area contributed by atoms with Gasteiger partial charge in [-0.2, -0.15) is 0 Å². The Bertz CT molecular complexity index is 135. The SMILES string of the molecule is CCN1CC2(COCCO2)C1. The van der Waals surface area contributed by atoms with Crippen molar-refractivity contribution in [1.82, 2.24) is 4.90 Å². The largest absolute Gasteiger partial charge is 0.376 e. The van der Waals surface area contributed by atoms with Gasteiger partial charge in [0.25, 0.3) is 0 Å². The molecule has 0 amide bonds. The minimum Gasteiger partial charge on any atom is -0.376 e. The summed E-state index contributed by atoms with van der Waals surface area (Å²) in [7, 11) is 0. The van der Waals surface area contributed by atoms with E-state index in [2.05, 4.69) is 11.8 Å². The van der Waals surface area contributed by atoms with Crippen LogP contribution in [0.15, 0.2) is 0 Å². The van der Waals surface area contributed by atoms with Crippen LogP contribution in [0.1, 0.15) is 6.92 Å². The van der Waals surface area contributed by atoms with Gasteiger partial charge in [0.15, 0.2) is 0 Å². The second-order valence-corrected chi connectivity index (χ2v) is 3.39. The third-order valence-electron chi connectivity index (χ3n) is 2.47. The molecule has 2 saturated heterocycles. The minimum atomic E-state index is 0.0776. The molecule has 0 bridgehead atoms. The van der Waals surface area contributed by atoms with E-state index in [0.29, 0.717) is 0 Å². The summed E-state index contributed by atoms with van der Waals surface area (Å²) in [5.41, 5.74) is 0.0776. The number of nitrogens with zero attached hydrogens (tertiary/aromatic N) is 1. The molecule has 0 unspecified atom stereocenters. The molecule has 0 saturated carbocycles. The Balaban J connectivity index is 1.84. The summed E-state index contributed by atoms with van der Waals surface area (Å²) in [5.74, 6) is 0. The maximum Gasteiger partial charge on any atom is 0.117 e. The highest BCUT2D eigenvalue weighted by Gasteiger charge is 2.44. The lowest BCUT2D eigenvalue weighted by Gasteiger charge is -2.50. The lowest BCUT2D eigenvalue weighted by atomic mass is 9.94. The molecule has 2 rings (SSSR count). The fourth-order valence-corrected chi connectivity index (χ4v) is 1.79. The minimum absolute atomic E-state index is 0.0776. The summed E-state index contributed by atoms with van der Waals surface area (Å²) < 4.78 is 11.0. The molecule has 64 valence electrons. The standard InChI is InChI=1S/C8H15NO2/c1-2-9-5-8(6-9)7-10-3-4-11-8/h2-7H2,1H3. The number of hydrogen-bond acceptors (Lipinski definition) is 3. The Labute approximate surface area is 67.3 Å². The fraction of sp³-hybridized carbons (Fsp3) is 1.00. The van der Waals surface area contributed by atoms with Gasteiger partial charge in [-0.15, -0.1) is 0 Å². The highest BCUT2D eigenvalue weighted by atomic mass is 16.6. The van der Waals surface area contributed by atoms with Gasteiger partial charge < -0.3 is 9.47 Å². The van der Waals surface area contributed by atoms with E-state index in [4.69, 9.17) is 9.47 Å². The molecule has 3 heteroatoms. The lowest BCUT2D eigenvalue weighted by Crippen LogP contribution is -2.66. The van der Waals surface area contributed by atoms with Crippen molar-refractivity contribution >= 4 is 0 Å². The lowest BCUT2D eigenvalue weighted by molar-refractivity contribution is -0.215. The fourth-order valence-electron chi connectivity index (χ4n) is 1.79. The average Bonchev–Trinajstić information content (AvgIpc) is 2.01. The maximum atomic E-state index is 5.67. The van der Waals surface area contributed by atoms with Crippen LogP contribution in [0.5, 0.6) is 0 Å². The van der Waals surface area contributed by atoms with Crippen molar-refractivity contribution in [3.63, 3.8) is 0 Å². The molecule has 11 heavy (non-hydrogen) atoms. The van der Waals surface area contributed by atoms with E-state index in [1.54, 1.807) is 0 Å². The zero-order chi connectivity index (χ0) is 7.73. The first-order chi connectivity index (χ1) is 5.35. The normalized spacial score (nSPS) is 30.3. The van der Waals surface area contributed by atoms with Gasteiger partial charge in [-0.25, -0.2) is 0 Å². The first kappa shape index (κ1) is 7.53. The zero-order valence-corrected chi connectivity index (χ0v) is 7.01. The van der Waals surface area contributed by atoms with Gasteiger partial charge in [0, 0.05) is 13.1 Å². The van der Waals surface area contributed by atoms with Crippen molar-refractivity contribution < 1.29 is 9.47 Å². The molecule has 0 radical (unpaired) electrons. The third kappa shape index (κ3) is 1.28. The summed E-state index contributed by atoms with van der Waals surface area (Å²) in [6.07, 6.45) is 0. The molecule has 0 aliphatic carbocycles. The van der Waals surface area contributed by atoms with Crippen LogP contribution in [0, 0.1) is 0 Å². The van der Waals surface area contributed by atoms with E-state index in [1.807, 2.05) is 0 Å². The second kappa shape index (κ2) is 2.73. The molecule has 0 aromatic carbocycles. The third-order valence-corrected chi connectivity index (χ3v) is 2.47. The van der Waals surface area contributed by atoms with E-state index < -0.39 is 0 Å². The first-order valence-corrected chi connectivity index (χ1v) is 4.29. The smallest absolute Gasteiger partial charge is 0.117 e.